The first-order chi connectivity index (χ1) is 12.6. The summed E-state index contributed by atoms with van der Waals surface area (Å²) in [6.07, 6.45) is 0.713. The molecule has 0 spiro atoms. The van der Waals surface area contributed by atoms with E-state index in [1.54, 1.807) is 55.6 Å². The summed E-state index contributed by atoms with van der Waals surface area (Å²) in [7, 11) is 1.61. The fraction of sp³-hybridized carbons (Fsp3) is 0.263. The van der Waals surface area contributed by atoms with E-state index in [1.165, 1.54) is 0 Å². The molecule has 26 heavy (non-hydrogen) atoms. The van der Waals surface area contributed by atoms with Crippen molar-refractivity contribution in [1.82, 2.24) is 5.32 Å². The second-order valence-corrected chi connectivity index (χ2v) is 5.88. The van der Waals surface area contributed by atoms with E-state index >= 15 is 0 Å². The molecule has 2 aromatic carbocycles. The number of hydrogen-bond acceptors (Lipinski definition) is 4. The molecule has 0 aliphatic heterocycles. The van der Waals surface area contributed by atoms with Crippen molar-refractivity contribution in [3.8, 4) is 5.75 Å². The zero-order valence-corrected chi connectivity index (χ0v) is 15.2. The molecule has 0 aliphatic carbocycles. The van der Waals surface area contributed by atoms with Crippen molar-refractivity contribution in [3.05, 3.63) is 59.1 Å². The topological polar surface area (TPSA) is 76.7 Å². The number of nitrogens with one attached hydrogen (secondary N) is 2. The second kappa shape index (κ2) is 10.4. The van der Waals surface area contributed by atoms with E-state index < -0.39 is 0 Å². The highest BCUT2D eigenvalue weighted by molar-refractivity contribution is 6.30. The first kappa shape index (κ1) is 19.8. The number of hydrogen-bond donors (Lipinski definition) is 2. The maximum atomic E-state index is 12.3. The third-order valence-corrected chi connectivity index (χ3v) is 3.66. The maximum absolute atomic E-state index is 12.3. The molecule has 2 aromatic rings. The minimum absolute atomic E-state index is 0.190. The summed E-state index contributed by atoms with van der Waals surface area (Å²) in [5, 5.41) is 6.02. The Morgan fingerprint density at radius 3 is 2.69 bits per heavy atom. The maximum Gasteiger partial charge on any atom is 0.262 e. The van der Waals surface area contributed by atoms with Crippen LogP contribution in [0.4, 0.5) is 5.69 Å². The van der Waals surface area contributed by atoms with Crippen LogP contribution >= 0.6 is 11.6 Å². The Kier molecular flexibility index (Phi) is 7.92. The summed E-state index contributed by atoms with van der Waals surface area (Å²) in [5.74, 6) is -0.130. The van der Waals surface area contributed by atoms with Gasteiger partial charge in [-0.3, -0.25) is 9.59 Å². The number of amides is 2. The molecule has 2 rings (SSSR count). The van der Waals surface area contributed by atoms with Gasteiger partial charge in [-0.15, -0.1) is 0 Å². The number of carbonyl (C=O) groups excluding carboxylic acids is 2. The Bertz CT molecular complexity index is 752. The molecule has 0 radical (unpaired) electrons. The molecule has 0 fully saturated rings. The SMILES string of the molecule is COCCCNC(=O)c1ccccc1NC(=O)COc1cccc(Cl)c1. The Balaban J connectivity index is 1.92. The van der Waals surface area contributed by atoms with Crippen molar-refractivity contribution in [2.45, 2.75) is 6.42 Å². The molecule has 0 aromatic heterocycles. The lowest BCUT2D eigenvalue weighted by molar-refractivity contribution is -0.118. The van der Waals surface area contributed by atoms with Crippen molar-refractivity contribution in [2.24, 2.45) is 0 Å². The molecular formula is C19H21ClN2O4. The van der Waals surface area contributed by atoms with Gasteiger partial charge >= 0.3 is 0 Å². The van der Waals surface area contributed by atoms with Crippen molar-refractivity contribution in [1.29, 1.82) is 0 Å². The Morgan fingerprint density at radius 1 is 1.12 bits per heavy atom. The van der Waals surface area contributed by atoms with Crippen molar-refractivity contribution >= 4 is 29.1 Å². The van der Waals surface area contributed by atoms with Crippen LogP contribution < -0.4 is 15.4 Å². The first-order valence-corrected chi connectivity index (χ1v) is 8.52. The molecule has 7 heteroatoms. The fourth-order valence-electron chi connectivity index (χ4n) is 2.20. The number of anilines is 1. The summed E-state index contributed by atoms with van der Waals surface area (Å²) >= 11 is 5.87. The highest BCUT2D eigenvalue weighted by atomic mass is 35.5. The highest BCUT2D eigenvalue weighted by Gasteiger charge is 2.13. The Labute approximate surface area is 157 Å². The van der Waals surface area contributed by atoms with E-state index in [1.807, 2.05) is 0 Å². The van der Waals surface area contributed by atoms with Gasteiger partial charge in [0.05, 0.1) is 11.3 Å². The molecular weight excluding hydrogens is 356 g/mol. The van der Waals surface area contributed by atoms with Crippen LogP contribution in [0.1, 0.15) is 16.8 Å². The standard InChI is InChI=1S/C19H21ClN2O4/c1-25-11-5-10-21-19(24)16-8-2-3-9-17(16)22-18(23)13-26-15-7-4-6-14(20)12-15/h2-4,6-9,12H,5,10-11,13H2,1H3,(H,21,24)(H,22,23). The van der Waals surface area contributed by atoms with Crippen LogP contribution in [0.25, 0.3) is 0 Å². The van der Waals surface area contributed by atoms with Crippen LogP contribution in [0, 0.1) is 0 Å². The van der Waals surface area contributed by atoms with Gasteiger partial charge in [0.15, 0.2) is 6.61 Å². The summed E-state index contributed by atoms with van der Waals surface area (Å²) in [6, 6.07) is 13.6. The average Bonchev–Trinajstić information content (AvgIpc) is 2.64. The molecule has 138 valence electrons. The van der Waals surface area contributed by atoms with E-state index in [4.69, 9.17) is 21.1 Å². The van der Waals surface area contributed by atoms with Gasteiger partial charge in [-0.1, -0.05) is 29.8 Å². The molecule has 2 N–H and O–H groups in total. The quantitative estimate of drug-likeness (QED) is 0.659. The van der Waals surface area contributed by atoms with E-state index in [-0.39, 0.29) is 18.4 Å². The monoisotopic (exact) mass is 376 g/mol. The van der Waals surface area contributed by atoms with Gasteiger partial charge in [-0.25, -0.2) is 0 Å². The molecule has 0 aliphatic rings. The smallest absolute Gasteiger partial charge is 0.262 e. The van der Waals surface area contributed by atoms with Crippen LogP contribution in [0.5, 0.6) is 5.75 Å². The normalized spacial score (nSPS) is 10.2. The van der Waals surface area contributed by atoms with Crippen LogP contribution in [0.3, 0.4) is 0 Å². The van der Waals surface area contributed by atoms with Crippen LogP contribution in [-0.2, 0) is 9.53 Å². The van der Waals surface area contributed by atoms with E-state index in [0.29, 0.717) is 41.6 Å². The largest absolute Gasteiger partial charge is 0.484 e. The zero-order valence-electron chi connectivity index (χ0n) is 14.5. The van der Waals surface area contributed by atoms with Gasteiger partial charge in [-0.05, 0) is 36.8 Å². The first-order valence-electron chi connectivity index (χ1n) is 8.14. The van der Waals surface area contributed by atoms with E-state index in [0.717, 1.165) is 0 Å². The second-order valence-electron chi connectivity index (χ2n) is 5.44. The molecule has 0 saturated heterocycles. The van der Waals surface area contributed by atoms with E-state index in [2.05, 4.69) is 10.6 Å². The molecule has 0 atom stereocenters. The molecule has 0 heterocycles. The van der Waals surface area contributed by atoms with Gasteiger partial charge in [0.25, 0.3) is 11.8 Å². The average molecular weight is 377 g/mol. The third kappa shape index (κ3) is 6.38. The molecule has 0 unspecified atom stereocenters. The number of rotatable bonds is 9. The van der Waals surface area contributed by atoms with Crippen molar-refractivity contribution < 1.29 is 19.1 Å². The van der Waals surface area contributed by atoms with Gasteiger partial charge in [0.1, 0.15) is 5.75 Å². The van der Waals surface area contributed by atoms with Gasteiger partial charge < -0.3 is 20.1 Å². The minimum atomic E-state index is -0.371. The van der Waals surface area contributed by atoms with Crippen LogP contribution in [-0.4, -0.2) is 38.7 Å². The van der Waals surface area contributed by atoms with Gasteiger partial charge in [-0.2, -0.15) is 0 Å². The molecule has 6 nitrogen and oxygen atoms in total. The van der Waals surface area contributed by atoms with Crippen LogP contribution in [0.15, 0.2) is 48.5 Å². The summed E-state index contributed by atoms with van der Waals surface area (Å²) in [6.45, 7) is 0.871. The Hall–Kier alpha value is -2.57. The minimum Gasteiger partial charge on any atom is -0.484 e. The highest BCUT2D eigenvalue weighted by Crippen LogP contribution is 2.18. The number of methoxy groups -OCH3 is 1. The lowest BCUT2D eigenvalue weighted by Crippen LogP contribution is -2.27. The van der Waals surface area contributed by atoms with Gasteiger partial charge in [0, 0.05) is 25.3 Å². The molecule has 2 amide bonds. The van der Waals surface area contributed by atoms with Gasteiger partial charge in [0.2, 0.25) is 0 Å². The number of para-hydroxylation sites is 1. The Morgan fingerprint density at radius 2 is 1.92 bits per heavy atom. The predicted molar refractivity (Wildman–Crippen MR) is 101 cm³/mol. The van der Waals surface area contributed by atoms with Crippen molar-refractivity contribution in [3.63, 3.8) is 0 Å². The number of halogens is 1. The number of benzene rings is 2. The lowest BCUT2D eigenvalue weighted by atomic mass is 10.1. The third-order valence-electron chi connectivity index (χ3n) is 3.42. The summed E-state index contributed by atoms with van der Waals surface area (Å²) in [5.41, 5.74) is 0.817. The zero-order chi connectivity index (χ0) is 18.8. The van der Waals surface area contributed by atoms with E-state index in [9.17, 15) is 9.59 Å². The molecule has 0 bridgehead atoms. The summed E-state index contributed by atoms with van der Waals surface area (Å²) in [4.78, 5) is 24.4. The lowest BCUT2D eigenvalue weighted by Gasteiger charge is -2.12. The number of ether oxygens (including phenoxy) is 2. The summed E-state index contributed by atoms with van der Waals surface area (Å²) < 4.78 is 10.3. The predicted octanol–water partition coefficient (Wildman–Crippen LogP) is 3.12. The van der Waals surface area contributed by atoms with Crippen LogP contribution in [0.2, 0.25) is 5.02 Å². The number of carbonyl (C=O) groups is 2. The van der Waals surface area contributed by atoms with Crippen molar-refractivity contribution in [2.75, 3.05) is 32.2 Å². The fourth-order valence-corrected chi connectivity index (χ4v) is 2.38. The molecule has 0 saturated carbocycles.